The fraction of sp³-hybridized carbons (Fsp3) is 0.462. The van der Waals surface area contributed by atoms with E-state index in [0.717, 1.165) is 6.42 Å². The highest BCUT2D eigenvalue weighted by Crippen LogP contribution is 2.58. The highest BCUT2D eigenvalue weighted by molar-refractivity contribution is 6.33. The van der Waals surface area contributed by atoms with Gasteiger partial charge in [-0.1, -0.05) is 23.2 Å². The molecule has 1 aromatic rings. The van der Waals surface area contributed by atoms with E-state index in [0.29, 0.717) is 18.7 Å². The molecule has 0 N–H and O–H groups in total. The minimum Gasteiger partial charge on any atom is -0.469 e. The largest absolute Gasteiger partial charge is 0.469 e. The van der Waals surface area contributed by atoms with Crippen molar-refractivity contribution in [2.24, 2.45) is 11.3 Å². The van der Waals surface area contributed by atoms with Crippen molar-refractivity contribution in [1.82, 2.24) is 9.88 Å². The number of likely N-dealkylation sites (tertiary alicyclic amines) is 1. The smallest absolute Gasteiger partial charge is 0.313 e. The summed E-state index contributed by atoms with van der Waals surface area (Å²) in [5, 5.41) is 0.348. The maximum Gasteiger partial charge on any atom is 0.313 e. The molecule has 3 rings (SSSR count). The normalized spacial score (nSPS) is 27.1. The van der Waals surface area contributed by atoms with Crippen molar-refractivity contribution in [3.63, 3.8) is 0 Å². The minimum atomic E-state index is -0.495. The first-order valence-electron chi connectivity index (χ1n) is 6.17. The Morgan fingerprint density at radius 3 is 2.65 bits per heavy atom. The summed E-state index contributed by atoms with van der Waals surface area (Å²) in [5.74, 6) is -0.220. The highest BCUT2D eigenvalue weighted by atomic mass is 35.5. The molecule has 7 heteroatoms. The van der Waals surface area contributed by atoms with E-state index in [1.54, 1.807) is 4.90 Å². The highest BCUT2D eigenvalue weighted by Gasteiger charge is 2.66. The van der Waals surface area contributed by atoms with Crippen molar-refractivity contribution in [2.75, 3.05) is 20.2 Å². The number of hydrogen-bond acceptors (Lipinski definition) is 4. The molecule has 1 saturated carbocycles. The second-order valence-electron chi connectivity index (χ2n) is 5.24. The van der Waals surface area contributed by atoms with E-state index in [9.17, 15) is 9.59 Å². The summed E-state index contributed by atoms with van der Waals surface area (Å²) in [7, 11) is 1.37. The predicted molar refractivity (Wildman–Crippen MR) is 72.7 cm³/mol. The first kappa shape index (κ1) is 13.6. The minimum absolute atomic E-state index is 0.174. The van der Waals surface area contributed by atoms with Crippen LogP contribution in [0.3, 0.4) is 0 Å². The predicted octanol–water partition coefficient (Wildman–Crippen LogP) is 2.02. The van der Waals surface area contributed by atoms with E-state index in [4.69, 9.17) is 27.9 Å². The second kappa shape index (κ2) is 4.60. The van der Waals surface area contributed by atoms with Crippen molar-refractivity contribution in [3.05, 3.63) is 28.0 Å². The number of amides is 1. The molecule has 2 aliphatic rings. The molecule has 2 heterocycles. The fourth-order valence-corrected chi connectivity index (χ4v) is 3.39. The van der Waals surface area contributed by atoms with Crippen LogP contribution in [0.2, 0.25) is 10.3 Å². The van der Waals surface area contributed by atoms with Gasteiger partial charge in [0.25, 0.3) is 5.91 Å². The monoisotopic (exact) mass is 314 g/mol. The van der Waals surface area contributed by atoms with Crippen LogP contribution in [0.15, 0.2) is 12.1 Å². The number of piperidine rings is 1. The molecule has 0 bridgehead atoms. The molecule has 1 aliphatic heterocycles. The molecule has 1 saturated heterocycles. The Bertz CT molecular complexity index is 587. The Kier molecular flexibility index (Phi) is 3.14. The molecule has 0 radical (unpaired) electrons. The number of esters is 1. The van der Waals surface area contributed by atoms with Crippen molar-refractivity contribution >= 4 is 35.1 Å². The van der Waals surface area contributed by atoms with Crippen LogP contribution >= 0.6 is 23.2 Å². The Morgan fingerprint density at radius 1 is 1.40 bits per heavy atom. The first-order valence-corrected chi connectivity index (χ1v) is 6.92. The van der Waals surface area contributed by atoms with E-state index in [1.165, 1.54) is 19.2 Å². The van der Waals surface area contributed by atoms with E-state index in [2.05, 4.69) is 4.98 Å². The van der Waals surface area contributed by atoms with E-state index in [1.807, 2.05) is 0 Å². The van der Waals surface area contributed by atoms with Gasteiger partial charge < -0.3 is 9.64 Å². The van der Waals surface area contributed by atoms with Crippen LogP contribution in [0.25, 0.3) is 0 Å². The number of fused-ring (bicyclic) bond motifs is 1. The van der Waals surface area contributed by atoms with Crippen molar-refractivity contribution in [2.45, 2.75) is 6.42 Å². The summed E-state index contributed by atoms with van der Waals surface area (Å²) in [6.07, 6.45) is 0.793. The lowest BCUT2D eigenvalue weighted by Gasteiger charge is -2.20. The number of halogens is 2. The lowest BCUT2D eigenvalue weighted by molar-refractivity contribution is -0.147. The zero-order valence-corrected chi connectivity index (χ0v) is 12.2. The molecule has 5 nitrogen and oxygen atoms in total. The molecule has 2 atom stereocenters. The average molecular weight is 315 g/mol. The molecular formula is C13H12Cl2N2O3. The standard InChI is InChI=1S/C13H12Cl2N2O3/c1-20-12(19)13-4-8(13)5-17(6-13)11(18)7-2-9(14)16-10(15)3-7/h2-3,8H,4-6H2,1H3. The van der Waals surface area contributed by atoms with Crippen LogP contribution in [-0.4, -0.2) is 42.0 Å². The summed E-state index contributed by atoms with van der Waals surface area (Å²) in [6.45, 7) is 0.951. The van der Waals surface area contributed by atoms with Crippen LogP contribution in [-0.2, 0) is 9.53 Å². The maximum absolute atomic E-state index is 12.4. The number of aromatic nitrogens is 1. The third kappa shape index (κ3) is 2.05. The number of hydrogen-bond donors (Lipinski definition) is 0. The molecule has 0 spiro atoms. The van der Waals surface area contributed by atoms with Gasteiger partial charge in [0.15, 0.2) is 0 Å². The van der Waals surface area contributed by atoms with Crippen LogP contribution < -0.4 is 0 Å². The van der Waals surface area contributed by atoms with Gasteiger partial charge in [-0.3, -0.25) is 9.59 Å². The molecule has 1 aromatic heterocycles. The average Bonchev–Trinajstić information content (AvgIpc) is 2.98. The fourth-order valence-electron chi connectivity index (χ4n) is 2.93. The van der Waals surface area contributed by atoms with Crippen molar-refractivity contribution < 1.29 is 14.3 Å². The van der Waals surface area contributed by atoms with Gasteiger partial charge in [0.2, 0.25) is 0 Å². The summed E-state index contributed by atoms with van der Waals surface area (Å²) in [4.78, 5) is 29.6. The third-order valence-corrected chi connectivity index (χ3v) is 4.42. The zero-order valence-electron chi connectivity index (χ0n) is 10.7. The van der Waals surface area contributed by atoms with Gasteiger partial charge in [0, 0.05) is 18.7 Å². The summed E-state index contributed by atoms with van der Waals surface area (Å²) in [6, 6.07) is 2.95. The molecule has 1 amide bonds. The lowest BCUT2D eigenvalue weighted by atomic mass is 10.1. The molecule has 0 aromatic carbocycles. The SMILES string of the molecule is COC(=O)C12CC1CN(C(=O)c1cc(Cl)nc(Cl)c1)C2. The van der Waals surface area contributed by atoms with Crippen molar-refractivity contribution in [1.29, 1.82) is 0 Å². The van der Waals surface area contributed by atoms with E-state index >= 15 is 0 Å². The number of nitrogens with zero attached hydrogens (tertiary/aromatic N) is 2. The van der Waals surface area contributed by atoms with Crippen LogP contribution in [0, 0.1) is 11.3 Å². The molecule has 2 unspecified atom stereocenters. The Morgan fingerprint density at radius 2 is 2.05 bits per heavy atom. The van der Waals surface area contributed by atoms with Crippen molar-refractivity contribution in [3.8, 4) is 0 Å². The van der Waals surface area contributed by atoms with Gasteiger partial charge in [0.1, 0.15) is 10.3 Å². The number of pyridine rings is 1. The lowest BCUT2D eigenvalue weighted by Crippen LogP contribution is -2.34. The van der Waals surface area contributed by atoms with Gasteiger partial charge in [-0.05, 0) is 24.5 Å². The Balaban J connectivity index is 1.79. The third-order valence-electron chi connectivity index (χ3n) is 4.03. The quantitative estimate of drug-likeness (QED) is 0.619. The maximum atomic E-state index is 12.4. The second-order valence-corrected chi connectivity index (χ2v) is 6.01. The zero-order chi connectivity index (χ0) is 14.5. The molecule has 20 heavy (non-hydrogen) atoms. The number of carbonyl (C=O) groups excluding carboxylic acids is 2. The number of rotatable bonds is 2. The van der Waals surface area contributed by atoms with Crippen LogP contribution in [0.1, 0.15) is 16.8 Å². The molecular weight excluding hydrogens is 303 g/mol. The van der Waals surface area contributed by atoms with E-state index < -0.39 is 5.41 Å². The number of ether oxygens (including phenoxy) is 1. The first-order chi connectivity index (χ1) is 9.46. The molecule has 106 valence electrons. The van der Waals surface area contributed by atoms with Gasteiger partial charge in [-0.2, -0.15) is 0 Å². The van der Waals surface area contributed by atoms with Gasteiger partial charge >= 0.3 is 5.97 Å². The number of carbonyl (C=O) groups is 2. The van der Waals surface area contributed by atoms with Gasteiger partial charge in [-0.25, -0.2) is 4.98 Å². The molecule has 2 fully saturated rings. The van der Waals surface area contributed by atoms with E-state index in [-0.39, 0.29) is 28.1 Å². The Hall–Kier alpha value is -1.33. The van der Waals surface area contributed by atoms with Gasteiger partial charge in [-0.15, -0.1) is 0 Å². The summed E-state index contributed by atoms with van der Waals surface area (Å²) >= 11 is 11.6. The van der Waals surface area contributed by atoms with Crippen LogP contribution in [0.5, 0.6) is 0 Å². The van der Waals surface area contributed by atoms with Crippen LogP contribution in [0.4, 0.5) is 0 Å². The topological polar surface area (TPSA) is 59.5 Å². The Labute approximate surface area is 125 Å². The van der Waals surface area contributed by atoms with Gasteiger partial charge in [0.05, 0.1) is 12.5 Å². The molecule has 1 aliphatic carbocycles. The summed E-state index contributed by atoms with van der Waals surface area (Å²) < 4.78 is 4.82. The summed E-state index contributed by atoms with van der Waals surface area (Å²) in [5.41, 5.74) is -0.110. The number of methoxy groups -OCH3 is 1.